The zero-order valence-electron chi connectivity index (χ0n) is 15.4. The van der Waals surface area contributed by atoms with Crippen molar-refractivity contribution in [3.8, 4) is 22.5 Å². The Kier molecular flexibility index (Phi) is 4.70. The third kappa shape index (κ3) is 3.19. The molecule has 1 atom stereocenters. The Balaban J connectivity index is 2.04. The van der Waals surface area contributed by atoms with Crippen molar-refractivity contribution >= 4 is 22.5 Å². The van der Waals surface area contributed by atoms with Crippen LogP contribution in [0.4, 0.5) is 0 Å². The molecule has 4 rings (SSSR count). The van der Waals surface area contributed by atoms with Crippen LogP contribution in [0.15, 0.2) is 53.8 Å². The third-order valence-electron chi connectivity index (χ3n) is 4.63. The van der Waals surface area contributed by atoms with Gasteiger partial charge in [-0.1, -0.05) is 23.7 Å². The topological polar surface area (TPSA) is 85.8 Å². The Labute approximate surface area is 165 Å². The van der Waals surface area contributed by atoms with E-state index in [1.54, 1.807) is 36.0 Å². The maximum Gasteiger partial charge on any atom is 0.261 e. The summed E-state index contributed by atoms with van der Waals surface area (Å²) in [6, 6.07) is 8.63. The van der Waals surface area contributed by atoms with E-state index < -0.39 is 0 Å². The number of rotatable bonds is 4. The van der Waals surface area contributed by atoms with E-state index in [0.717, 1.165) is 11.1 Å². The van der Waals surface area contributed by atoms with Gasteiger partial charge in [-0.2, -0.15) is 5.10 Å². The Hall–Kier alpha value is -3.03. The predicted molar refractivity (Wildman–Crippen MR) is 108 cm³/mol. The number of aliphatic hydroxyl groups is 1. The van der Waals surface area contributed by atoms with Gasteiger partial charge in [0.2, 0.25) is 0 Å². The van der Waals surface area contributed by atoms with Crippen molar-refractivity contribution in [3.05, 3.63) is 64.4 Å². The minimum atomic E-state index is -0.376. The summed E-state index contributed by atoms with van der Waals surface area (Å²) in [6.45, 7) is 1.61. The lowest BCUT2D eigenvalue weighted by Gasteiger charge is -2.14. The quantitative estimate of drug-likeness (QED) is 0.574. The number of aliphatic hydroxyl groups excluding tert-OH is 1. The van der Waals surface area contributed by atoms with Crippen molar-refractivity contribution in [1.29, 1.82) is 0 Å². The fourth-order valence-corrected chi connectivity index (χ4v) is 3.18. The predicted octanol–water partition coefficient (Wildman–Crippen LogP) is 3.07. The van der Waals surface area contributed by atoms with Gasteiger partial charge in [0.25, 0.3) is 5.56 Å². The summed E-state index contributed by atoms with van der Waals surface area (Å²) < 4.78 is 3.11. The first-order valence-electron chi connectivity index (χ1n) is 8.75. The summed E-state index contributed by atoms with van der Waals surface area (Å²) in [6.07, 6.45) is 4.98. The highest BCUT2D eigenvalue weighted by Crippen LogP contribution is 2.29. The summed E-state index contributed by atoms with van der Waals surface area (Å²) in [5.74, 6) is 0. The number of halogens is 1. The molecule has 0 saturated heterocycles. The van der Waals surface area contributed by atoms with E-state index in [2.05, 4.69) is 10.1 Å². The van der Waals surface area contributed by atoms with Gasteiger partial charge in [0.1, 0.15) is 11.2 Å². The molecule has 3 heterocycles. The van der Waals surface area contributed by atoms with E-state index in [1.165, 1.54) is 10.9 Å². The van der Waals surface area contributed by atoms with Crippen LogP contribution in [-0.4, -0.2) is 36.0 Å². The standard InChI is InChI=1S/C20H18ClN5O2/c1-12(10-27)26-11-22-19-16(20(26)28)7-17(13-3-5-15(21)6-4-13)24-18(19)14-8-23-25(2)9-14/h3-9,11-12,27H,10H2,1-2H3. The van der Waals surface area contributed by atoms with Gasteiger partial charge in [-0.15, -0.1) is 0 Å². The van der Waals surface area contributed by atoms with Crippen molar-refractivity contribution in [3.63, 3.8) is 0 Å². The van der Waals surface area contributed by atoms with Crippen molar-refractivity contribution < 1.29 is 5.11 Å². The van der Waals surface area contributed by atoms with E-state index in [4.69, 9.17) is 16.6 Å². The monoisotopic (exact) mass is 395 g/mol. The SMILES string of the molecule is CC(CO)n1cnc2c(-c3cnn(C)c3)nc(-c3ccc(Cl)cc3)cc2c1=O. The zero-order valence-corrected chi connectivity index (χ0v) is 16.1. The number of hydrogen-bond acceptors (Lipinski definition) is 5. The molecule has 0 radical (unpaired) electrons. The third-order valence-corrected chi connectivity index (χ3v) is 4.88. The average molecular weight is 396 g/mol. The first kappa shape index (κ1) is 18.3. The van der Waals surface area contributed by atoms with Gasteiger partial charge in [-0.3, -0.25) is 14.0 Å². The van der Waals surface area contributed by atoms with Crippen LogP contribution < -0.4 is 5.56 Å². The van der Waals surface area contributed by atoms with E-state index >= 15 is 0 Å². The second-order valence-corrected chi connectivity index (χ2v) is 7.09. The van der Waals surface area contributed by atoms with Gasteiger partial charge >= 0.3 is 0 Å². The lowest BCUT2D eigenvalue weighted by molar-refractivity contribution is 0.236. The van der Waals surface area contributed by atoms with Crippen molar-refractivity contribution in [2.24, 2.45) is 7.05 Å². The van der Waals surface area contributed by atoms with Gasteiger partial charge in [0.15, 0.2) is 0 Å². The molecule has 0 aliphatic heterocycles. The molecule has 0 fully saturated rings. The molecule has 4 aromatic rings. The Morgan fingerprint density at radius 2 is 1.96 bits per heavy atom. The smallest absolute Gasteiger partial charge is 0.261 e. The fraction of sp³-hybridized carbons (Fsp3) is 0.200. The molecular weight excluding hydrogens is 378 g/mol. The maximum atomic E-state index is 13.1. The van der Waals surface area contributed by atoms with Crippen LogP contribution in [0.1, 0.15) is 13.0 Å². The second-order valence-electron chi connectivity index (χ2n) is 6.65. The summed E-state index contributed by atoms with van der Waals surface area (Å²) in [7, 11) is 1.82. The number of aryl methyl sites for hydroxylation is 1. The molecule has 7 nitrogen and oxygen atoms in total. The van der Waals surface area contributed by atoms with Gasteiger partial charge in [0, 0.05) is 29.4 Å². The van der Waals surface area contributed by atoms with Crippen molar-refractivity contribution in [1.82, 2.24) is 24.3 Å². The first-order valence-corrected chi connectivity index (χ1v) is 9.13. The van der Waals surface area contributed by atoms with E-state index in [9.17, 15) is 9.90 Å². The number of aromatic nitrogens is 5. The van der Waals surface area contributed by atoms with Crippen molar-refractivity contribution in [2.45, 2.75) is 13.0 Å². The van der Waals surface area contributed by atoms with E-state index in [1.807, 2.05) is 25.4 Å². The van der Waals surface area contributed by atoms with Gasteiger partial charge in [-0.25, -0.2) is 9.97 Å². The maximum absolute atomic E-state index is 13.1. The highest BCUT2D eigenvalue weighted by atomic mass is 35.5. The Morgan fingerprint density at radius 3 is 2.61 bits per heavy atom. The number of nitrogens with zero attached hydrogens (tertiary/aromatic N) is 5. The summed E-state index contributed by atoms with van der Waals surface area (Å²) in [5, 5.41) is 14.7. The highest BCUT2D eigenvalue weighted by molar-refractivity contribution is 6.30. The average Bonchev–Trinajstić information content (AvgIpc) is 3.14. The normalized spacial score (nSPS) is 12.4. The molecule has 1 aromatic carbocycles. The Morgan fingerprint density at radius 1 is 1.21 bits per heavy atom. The second kappa shape index (κ2) is 7.18. The molecular formula is C20H18ClN5O2. The fourth-order valence-electron chi connectivity index (χ4n) is 3.06. The molecule has 28 heavy (non-hydrogen) atoms. The largest absolute Gasteiger partial charge is 0.394 e. The first-order chi connectivity index (χ1) is 13.5. The molecule has 1 N–H and O–H groups in total. The lowest BCUT2D eigenvalue weighted by atomic mass is 10.1. The van der Waals surface area contributed by atoms with Crippen LogP contribution in [0.3, 0.4) is 0 Å². The molecule has 1 unspecified atom stereocenters. The van der Waals surface area contributed by atoms with Gasteiger partial charge in [-0.05, 0) is 25.1 Å². The molecule has 0 aliphatic carbocycles. The molecule has 0 aliphatic rings. The molecule has 0 amide bonds. The minimum Gasteiger partial charge on any atom is -0.394 e. The van der Waals surface area contributed by atoms with Gasteiger partial charge < -0.3 is 5.11 Å². The number of hydrogen-bond donors (Lipinski definition) is 1. The number of fused-ring (bicyclic) bond motifs is 1. The number of pyridine rings is 1. The van der Waals surface area contributed by atoms with Crippen LogP contribution in [0.25, 0.3) is 33.4 Å². The molecule has 8 heteroatoms. The van der Waals surface area contributed by atoms with Crippen LogP contribution in [0, 0.1) is 0 Å². The van der Waals surface area contributed by atoms with Crippen molar-refractivity contribution in [2.75, 3.05) is 6.61 Å². The summed E-state index contributed by atoms with van der Waals surface area (Å²) in [4.78, 5) is 22.3. The molecule has 142 valence electrons. The summed E-state index contributed by atoms with van der Waals surface area (Å²) >= 11 is 6.00. The zero-order chi connectivity index (χ0) is 19.8. The molecule has 0 saturated carbocycles. The summed E-state index contributed by atoms with van der Waals surface area (Å²) in [5.41, 5.74) is 3.09. The Bertz CT molecular complexity index is 1210. The highest BCUT2D eigenvalue weighted by Gasteiger charge is 2.17. The lowest BCUT2D eigenvalue weighted by Crippen LogP contribution is -2.25. The van der Waals surface area contributed by atoms with Crippen LogP contribution in [-0.2, 0) is 7.05 Å². The van der Waals surface area contributed by atoms with Crippen LogP contribution >= 0.6 is 11.6 Å². The number of benzene rings is 1. The van der Waals surface area contributed by atoms with Crippen LogP contribution in [0.5, 0.6) is 0 Å². The van der Waals surface area contributed by atoms with Gasteiger partial charge in [0.05, 0.1) is 36.3 Å². The molecule has 0 spiro atoms. The van der Waals surface area contributed by atoms with E-state index in [0.29, 0.717) is 27.3 Å². The minimum absolute atomic E-state index is 0.155. The molecule has 0 bridgehead atoms. The molecule has 3 aromatic heterocycles. The van der Waals surface area contributed by atoms with E-state index in [-0.39, 0.29) is 18.2 Å². The van der Waals surface area contributed by atoms with Crippen LogP contribution in [0.2, 0.25) is 5.02 Å².